The van der Waals surface area contributed by atoms with Gasteiger partial charge in [0.25, 0.3) is 0 Å². The molecule has 0 spiro atoms. The molecule has 3 heteroatoms. The third-order valence-electron chi connectivity index (χ3n) is 11.0. The molecule has 2 nitrogen and oxygen atoms in total. The molecule has 0 aliphatic heterocycles. The summed E-state index contributed by atoms with van der Waals surface area (Å²) >= 11 is 0. The molecule has 10 aromatic rings. The Hall–Kier alpha value is -6.94. The van der Waals surface area contributed by atoms with Crippen molar-refractivity contribution >= 4 is 78.6 Å². The first-order valence-electron chi connectivity index (χ1n) is 18.8. The fraction of sp³-hybridized carbons (Fsp3) is 0. The van der Waals surface area contributed by atoms with E-state index in [1.165, 1.54) is 42.6 Å². The first kappa shape index (κ1) is 32.7. The van der Waals surface area contributed by atoms with Gasteiger partial charge in [0.2, 0.25) is 0 Å². The summed E-state index contributed by atoms with van der Waals surface area (Å²) in [4.78, 5) is 2.37. The van der Waals surface area contributed by atoms with Crippen LogP contribution in [0.15, 0.2) is 229 Å². The van der Waals surface area contributed by atoms with E-state index in [2.05, 4.69) is 217 Å². The van der Waals surface area contributed by atoms with E-state index in [1.54, 1.807) is 0 Å². The van der Waals surface area contributed by atoms with Crippen molar-refractivity contribution in [2.24, 2.45) is 0 Å². The summed E-state index contributed by atoms with van der Waals surface area (Å²) in [5.74, 6) is 0. The maximum absolute atomic E-state index is 6.22. The van der Waals surface area contributed by atoms with Crippen LogP contribution in [0.4, 0.5) is 17.1 Å². The number of para-hydroxylation sites is 2. The first-order chi connectivity index (χ1) is 27.3. The SMILES string of the molecule is c1ccc(N(c2ccc3oc4ccccc4c3c2)c2ccc(-c3ccc([Si](c4ccccc4)(c4ccccc4)c4ccccc4)cc3)c3ccccc23)cc1. The number of hydrogen-bond acceptors (Lipinski definition) is 2. The number of rotatable bonds is 8. The topological polar surface area (TPSA) is 16.4 Å². The normalized spacial score (nSPS) is 11.6. The quantitative estimate of drug-likeness (QED) is 0.115. The molecule has 9 aromatic carbocycles. The van der Waals surface area contributed by atoms with Crippen LogP contribution in [0.5, 0.6) is 0 Å². The minimum atomic E-state index is -2.62. The van der Waals surface area contributed by atoms with Gasteiger partial charge in [0.1, 0.15) is 11.2 Å². The van der Waals surface area contributed by atoms with Gasteiger partial charge in [-0.25, -0.2) is 0 Å². The van der Waals surface area contributed by atoms with Gasteiger partial charge in [-0.1, -0.05) is 182 Å². The molecule has 0 bridgehead atoms. The lowest BCUT2D eigenvalue weighted by Crippen LogP contribution is -2.74. The molecule has 0 N–H and O–H groups in total. The molecule has 0 aliphatic rings. The molecule has 0 unspecified atom stereocenters. The van der Waals surface area contributed by atoms with Crippen molar-refractivity contribution in [1.82, 2.24) is 0 Å². The molecule has 0 saturated heterocycles. The lowest BCUT2D eigenvalue weighted by Gasteiger charge is -2.34. The predicted molar refractivity (Wildman–Crippen MR) is 235 cm³/mol. The van der Waals surface area contributed by atoms with Gasteiger partial charge in [0.15, 0.2) is 8.07 Å². The van der Waals surface area contributed by atoms with Gasteiger partial charge in [0, 0.05) is 27.5 Å². The highest BCUT2D eigenvalue weighted by Gasteiger charge is 2.41. The number of hydrogen-bond donors (Lipinski definition) is 0. The molecule has 1 aromatic heterocycles. The van der Waals surface area contributed by atoms with Crippen molar-refractivity contribution in [3.8, 4) is 11.1 Å². The Bertz CT molecular complexity index is 2810. The second-order valence-corrected chi connectivity index (χ2v) is 17.9. The van der Waals surface area contributed by atoms with Gasteiger partial charge in [-0.3, -0.25) is 0 Å². The summed E-state index contributed by atoms with van der Waals surface area (Å²) in [7, 11) is -2.62. The first-order valence-corrected chi connectivity index (χ1v) is 20.8. The molecular formula is C52H37NOSi. The number of benzene rings is 9. The Morgan fingerprint density at radius 3 is 1.44 bits per heavy atom. The fourth-order valence-electron chi connectivity index (χ4n) is 8.55. The van der Waals surface area contributed by atoms with E-state index in [1.807, 2.05) is 12.1 Å². The average molecular weight is 720 g/mol. The van der Waals surface area contributed by atoms with Gasteiger partial charge in [0.05, 0.1) is 5.69 Å². The molecule has 1 heterocycles. The molecule has 55 heavy (non-hydrogen) atoms. The minimum absolute atomic E-state index is 0.889. The van der Waals surface area contributed by atoms with Gasteiger partial charge in [-0.2, -0.15) is 0 Å². The highest BCUT2D eigenvalue weighted by Crippen LogP contribution is 2.43. The van der Waals surface area contributed by atoms with Gasteiger partial charge in [-0.15, -0.1) is 0 Å². The zero-order valence-electron chi connectivity index (χ0n) is 30.2. The number of furan rings is 1. The van der Waals surface area contributed by atoms with Gasteiger partial charge < -0.3 is 9.32 Å². The number of nitrogens with zero attached hydrogens (tertiary/aromatic N) is 1. The van der Waals surface area contributed by atoms with E-state index < -0.39 is 8.07 Å². The van der Waals surface area contributed by atoms with Crippen molar-refractivity contribution in [2.45, 2.75) is 0 Å². The van der Waals surface area contributed by atoms with E-state index in [4.69, 9.17) is 4.42 Å². The Kier molecular flexibility index (Phi) is 8.20. The predicted octanol–water partition coefficient (Wildman–Crippen LogP) is 11.3. The van der Waals surface area contributed by atoms with Crippen LogP contribution in [0.1, 0.15) is 0 Å². The smallest absolute Gasteiger partial charge is 0.179 e. The number of fused-ring (bicyclic) bond motifs is 4. The van der Waals surface area contributed by atoms with Crippen LogP contribution in [-0.4, -0.2) is 8.07 Å². The summed E-state index contributed by atoms with van der Waals surface area (Å²) in [6.45, 7) is 0. The molecule has 0 aliphatic carbocycles. The second kappa shape index (κ2) is 13.8. The van der Waals surface area contributed by atoms with Crippen molar-refractivity contribution in [1.29, 1.82) is 0 Å². The monoisotopic (exact) mass is 719 g/mol. The van der Waals surface area contributed by atoms with Crippen molar-refractivity contribution < 1.29 is 4.42 Å². The molecule has 0 fully saturated rings. The third-order valence-corrected chi connectivity index (χ3v) is 15.8. The second-order valence-electron chi connectivity index (χ2n) is 14.1. The highest BCUT2D eigenvalue weighted by atomic mass is 28.3. The van der Waals surface area contributed by atoms with Crippen LogP contribution >= 0.6 is 0 Å². The van der Waals surface area contributed by atoms with E-state index in [9.17, 15) is 0 Å². The Morgan fingerprint density at radius 1 is 0.327 bits per heavy atom. The lowest BCUT2D eigenvalue weighted by molar-refractivity contribution is 0.669. The lowest BCUT2D eigenvalue weighted by atomic mass is 9.96. The van der Waals surface area contributed by atoms with Crippen molar-refractivity contribution in [2.75, 3.05) is 4.90 Å². The molecular weight excluding hydrogens is 683 g/mol. The summed E-state index contributed by atoms with van der Waals surface area (Å²) < 4.78 is 6.22. The van der Waals surface area contributed by atoms with Crippen LogP contribution in [0, 0.1) is 0 Å². The molecule has 0 saturated carbocycles. The maximum Gasteiger partial charge on any atom is 0.179 e. The maximum atomic E-state index is 6.22. The summed E-state index contributed by atoms with van der Waals surface area (Å²) in [6.07, 6.45) is 0. The Balaban J connectivity index is 1.13. The van der Waals surface area contributed by atoms with Crippen LogP contribution < -0.4 is 25.6 Å². The molecule has 0 atom stereocenters. The summed E-state index contributed by atoms with van der Waals surface area (Å²) in [5, 5.41) is 10.1. The third kappa shape index (κ3) is 5.56. The largest absolute Gasteiger partial charge is 0.456 e. The molecule has 260 valence electrons. The Labute approximate surface area is 322 Å². The van der Waals surface area contributed by atoms with E-state index in [0.29, 0.717) is 0 Å². The highest BCUT2D eigenvalue weighted by molar-refractivity contribution is 7.19. The van der Waals surface area contributed by atoms with Crippen LogP contribution in [-0.2, 0) is 0 Å². The van der Waals surface area contributed by atoms with E-state index in [-0.39, 0.29) is 0 Å². The van der Waals surface area contributed by atoms with Gasteiger partial charge in [-0.05, 0) is 79.7 Å². The van der Waals surface area contributed by atoms with Gasteiger partial charge >= 0.3 is 0 Å². The molecule has 10 rings (SSSR count). The summed E-state index contributed by atoms with van der Waals surface area (Å²) in [5.41, 5.74) is 7.50. The Morgan fingerprint density at radius 2 is 0.818 bits per heavy atom. The molecule has 0 radical (unpaired) electrons. The summed E-state index contributed by atoms with van der Waals surface area (Å²) in [6, 6.07) is 81.6. The van der Waals surface area contributed by atoms with Crippen LogP contribution in [0.2, 0.25) is 0 Å². The van der Waals surface area contributed by atoms with Crippen molar-refractivity contribution in [3.05, 3.63) is 224 Å². The average Bonchev–Trinajstić information content (AvgIpc) is 3.64. The van der Waals surface area contributed by atoms with Crippen LogP contribution in [0.25, 0.3) is 43.8 Å². The molecule has 0 amide bonds. The van der Waals surface area contributed by atoms with E-state index in [0.717, 1.165) is 39.0 Å². The zero-order valence-corrected chi connectivity index (χ0v) is 31.2. The number of anilines is 3. The van der Waals surface area contributed by atoms with Crippen molar-refractivity contribution in [3.63, 3.8) is 0 Å². The zero-order chi connectivity index (χ0) is 36.6. The standard InChI is InChI=1S/C52H37NOSi/c1-5-17-39(18-6-1)53(40-31-36-52-49(37-40)48-27-15-16-28-51(48)54-52)50-35-34-45(46-25-13-14-26-47(46)50)38-29-32-44(33-30-38)55(41-19-7-2-8-20-41,42-21-9-3-10-22-42)43-23-11-4-12-24-43/h1-37H. The fourth-order valence-corrected chi connectivity index (χ4v) is 13.3. The van der Waals surface area contributed by atoms with E-state index >= 15 is 0 Å². The van der Waals surface area contributed by atoms with Crippen LogP contribution in [0.3, 0.4) is 0 Å². The minimum Gasteiger partial charge on any atom is -0.456 e.